The van der Waals surface area contributed by atoms with Gasteiger partial charge in [0.05, 0.1) is 22.2 Å². The van der Waals surface area contributed by atoms with Gasteiger partial charge in [-0.15, -0.1) is 11.3 Å². The highest BCUT2D eigenvalue weighted by atomic mass is 32.2. The predicted octanol–water partition coefficient (Wildman–Crippen LogP) is 6.67. The van der Waals surface area contributed by atoms with Gasteiger partial charge in [0, 0.05) is 37.7 Å². The van der Waals surface area contributed by atoms with Gasteiger partial charge in [-0.2, -0.15) is 11.8 Å². The summed E-state index contributed by atoms with van der Waals surface area (Å²) < 4.78 is 10.2. The number of β-amino-alcohol motifs (C(OH)–C–C–N with tert-alkyl or cyclic N) is 1. The maximum absolute atomic E-state index is 14.2. The lowest BCUT2D eigenvalue weighted by atomic mass is 10.0. The van der Waals surface area contributed by atoms with Crippen LogP contribution in [0.2, 0.25) is 0 Å². The predicted molar refractivity (Wildman–Crippen MR) is 227 cm³/mol. The molecule has 15 heteroatoms. The number of hydrogen-bond acceptors (Lipinski definition) is 11. The van der Waals surface area contributed by atoms with Crippen LogP contribution in [0.1, 0.15) is 91.1 Å². The molecule has 0 unspecified atom stereocenters. The first-order valence-corrected chi connectivity index (χ1v) is 21.4. The number of aliphatic hydroxyl groups is 1. The first kappa shape index (κ1) is 46.2. The van der Waals surface area contributed by atoms with Crippen LogP contribution >= 0.6 is 23.1 Å². The summed E-state index contributed by atoms with van der Waals surface area (Å²) in [6.07, 6.45) is -1.27. The number of thiazole rings is 1. The van der Waals surface area contributed by atoms with E-state index in [4.69, 9.17) is 9.47 Å². The van der Waals surface area contributed by atoms with Crippen molar-refractivity contribution in [3.05, 3.63) is 76.4 Å². The number of aryl methyl sites for hydroxylation is 2. The van der Waals surface area contributed by atoms with Gasteiger partial charge in [-0.05, 0) is 103 Å². The SMILES string of the molecule is CC(=O)N[C@H](C(=O)N1C[C@H](O)C[C@H]1C(=O)NCc1ccc(-c2scnc2C)cc1)C(C)(C)SCCc1ccc(CCN(C(=O)OC(C)(C)C)C(=O)OC(C)(C)C)cc1. The summed E-state index contributed by atoms with van der Waals surface area (Å²) in [7, 11) is 0. The number of aromatic nitrogens is 1. The largest absolute Gasteiger partial charge is 0.443 e. The number of hydrogen-bond donors (Lipinski definition) is 3. The van der Waals surface area contributed by atoms with Gasteiger partial charge >= 0.3 is 12.2 Å². The molecule has 316 valence electrons. The Morgan fingerprint density at radius 1 is 0.897 bits per heavy atom. The van der Waals surface area contributed by atoms with Crippen LogP contribution in [-0.2, 0) is 43.2 Å². The van der Waals surface area contributed by atoms with Crippen LogP contribution in [0.15, 0.2) is 54.0 Å². The van der Waals surface area contributed by atoms with Crippen molar-refractivity contribution in [3.8, 4) is 10.4 Å². The second-order valence-electron chi connectivity index (χ2n) is 17.1. The standard InChI is InChI=1S/C43H59N5O8S2/c1-27-35(57-26-45-27)32-17-15-31(16-18-32)24-44-37(51)34-23-33(50)25-48(34)38(52)36(46-28(2)49)43(9,10)58-22-20-30-13-11-29(12-14-30)19-21-47(39(53)55-41(3,4)5)40(54)56-42(6,7)8/h11-18,26,33-34,36,50H,19-25H2,1-10H3,(H,44,51)(H,46,49)/t33-,34+,36-/m1/s1. The minimum absolute atomic E-state index is 0.0176. The van der Waals surface area contributed by atoms with E-state index in [0.717, 1.165) is 37.7 Å². The number of benzene rings is 2. The zero-order valence-corrected chi connectivity index (χ0v) is 37.0. The molecule has 4 rings (SSSR count). The van der Waals surface area contributed by atoms with E-state index in [1.165, 1.54) is 23.6 Å². The number of amides is 5. The number of imide groups is 1. The molecule has 1 saturated heterocycles. The molecule has 2 aromatic carbocycles. The van der Waals surface area contributed by atoms with Crippen LogP contribution < -0.4 is 10.6 Å². The molecule has 0 aliphatic carbocycles. The third-order valence-electron chi connectivity index (χ3n) is 9.32. The molecule has 1 aromatic heterocycles. The van der Waals surface area contributed by atoms with Gasteiger partial charge in [0.2, 0.25) is 17.7 Å². The van der Waals surface area contributed by atoms with Gasteiger partial charge in [-0.3, -0.25) is 14.4 Å². The fraction of sp³-hybridized carbons (Fsp3) is 0.535. The summed E-state index contributed by atoms with van der Waals surface area (Å²) >= 11 is 3.10. The lowest BCUT2D eigenvalue weighted by molar-refractivity contribution is -0.142. The molecule has 13 nitrogen and oxygen atoms in total. The third-order valence-corrected chi connectivity index (χ3v) is 11.7. The van der Waals surface area contributed by atoms with Gasteiger partial charge < -0.3 is 30.1 Å². The van der Waals surface area contributed by atoms with Crippen LogP contribution in [0, 0.1) is 6.92 Å². The lowest BCUT2D eigenvalue weighted by Gasteiger charge is -2.37. The Bertz CT molecular complexity index is 1870. The molecule has 1 aliphatic heterocycles. The van der Waals surface area contributed by atoms with Crippen molar-refractivity contribution in [1.82, 2.24) is 25.4 Å². The fourth-order valence-electron chi connectivity index (χ4n) is 6.39. The van der Waals surface area contributed by atoms with E-state index in [2.05, 4.69) is 15.6 Å². The number of nitrogens with one attached hydrogen (secondary N) is 2. The normalized spacial score (nSPS) is 16.4. The summed E-state index contributed by atoms with van der Waals surface area (Å²) in [5.41, 5.74) is 5.09. The Labute approximate surface area is 350 Å². The van der Waals surface area contributed by atoms with Crippen molar-refractivity contribution >= 4 is 53.0 Å². The molecule has 0 bridgehead atoms. The zero-order chi connectivity index (χ0) is 43.0. The molecular formula is C43H59N5O8S2. The number of thioether (sulfide) groups is 1. The Morgan fingerprint density at radius 2 is 1.45 bits per heavy atom. The fourth-order valence-corrected chi connectivity index (χ4v) is 8.39. The number of carbonyl (C=O) groups excluding carboxylic acids is 5. The summed E-state index contributed by atoms with van der Waals surface area (Å²) in [6.45, 7) is 17.8. The van der Waals surface area contributed by atoms with Gasteiger partial charge in [0.15, 0.2) is 0 Å². The Kier molecular flexibility index (Phi) is 15.6. The summed E-state index contributed by atoms with van der Waals surface area (Å²) in [4.78, 5) is 73.7. The zero-order valence-electron chi connectivity index (χ0n) is 35.3. The van der Waals surface area contributed by atoms with E-state index in [1.807, 2.05) is 74.8 Å². The molecule has 3 N–H and O–H groups in total. The van der Waals surface area contributed by atoms with E-state index in [9.17, 15) is 29.1 Å². The van der Waals surface area contributed by atoms with Crippen LogP contribution in [0.5, 0.6) is 0 Å². The van der Waals surface area contributed by atoms with Crippen molar-refractivity contribution in [3.63, 3.8) is 0 Å². The van der Waals surface area contributed by atoms with E-state index < -0.39 is 52.2 Å². The van der Waals surface area contributed by atoms with Crippen LogP contribution in [0.3, 0.4) is 0 Å². The average molecular weight is 838 g/mol. The second kappa shape index (κ2) is 19.5. The summed E-state index contributed by atoms with van der Waals surface area (Å²) in [5, 5.41) is 16.4. The maximum Gasteiger partial charge on any atom is 0.419 e. The molecule has 1 fully saturated rings. The van der Waals surface area contributed by atoms with Crippen molar-refractivity contribution in [2.24, 2.45) is 0 Å². The molecule has 5 amide bonds. The van der Waals surface area contributed by atoms with Crippen molar-refractivity contribution in [1.29, 1.82) is 0 Å². The third kappa shape index (κ3) is 13.6. The van der Waals surface area contributed by atoms with Crippen molar-refractivity contribution < 1.29 is 38.6 Å². The molecule has 0 saturated carbocycles. The van der Waals surface area contributed by atoms with E-state index in [1.54, 1.807) is 52.9 Å². The maximum atomic E-state index is 14.2. The van der Waals surface area contributed by atoms with Gasteiger partial charge in [-0.1, -0.05) is 48.5 Å². The number of aliphatic hydroxyl groups excluding tert-OH is 1. The molecule has 0 radical (unpaired) electrons. The molecule has 0 spiro atoms. The first-order valence-electron chi connectivity index (χ1n) is 19.5. The minimum Gasteiger partial charge on any atom is -0.443 e. The van der Waals surface area contributed by atoms with Gasteiger partial charge in [-0.25, -0.2) is 19.5 Å². The molecule has 3 atom stereocenters. The average Bonchev–Trinajstić information content (AvgIpc) is 3.73. The number of rotatable bonds is 14. The first-order chi connectivity index (χ1) is 27.0. The van der Waals surface area contributed by atoms with E-state index in [0.29, 0.717) is 18.6 Å². The molecule has 58 heavy (non-hydrogen) atoms. The quantitative estimate of drug-likeness (QED) is 0.160. The Morgan fingerprint density at radius 3 is 1.97 bits per heavy atom. The summed E-state index contributed by atoms with van der Waals surface area (Å²) in [5.74, 6) is -0.554. The van der Waals surface area contributed by atoms with E-state index in [-0.39, 0.29) is 37.9 Å². The summed E-state index contributed by atoms with van der Waals surface area (Å²) in [6, 6.07) is 13.9. The smallest absolute Gasteiger partial charge is 0.419 e. The topological polar surface area (TPSA) is 167 Å². The number of likely N-dealkylation sites (tertiary alicyclic amines) is 1. The van der Waals surface area contributed by atoms with Crippen molar-refractivity contribution in [2.75, 3.05) is 18.8 Å². The Hall–Kier alpha value is -4.47. The molecule has 2 heterocycles. The number of nitrogens with zero attached hydrogens (tertiary/aromatic N) is 3. The van der Waals surface area contributed by atoms with Gasteiger partial charge in [0.1, 0.15) is 23.3 Å². The van der Waals surface area contributed by atoms with Crippen molar-refractivity contribution in [2.45, 2.75) is 129 Å². The van der Waals surface area contributed by atoms with Crippen LogP contribution in [0.4, 0.5) is 9.59 Å². The number of ether oxygens (including phenoxy) is 2. The second-order valence-corrected chi connectivity index (χ2v) is 19.7. The van der Waals surface area contributed by atoms with E-state index >= 15 is 0 Å². The van der Waals surface area contributed by atoms with Crippen LogP contribution in [0.25, 0.3) is 10.4 Å². The molecule has 3 aromatic rings. The molecular weight excluding hydrogens is 779 g/mol. The number of carbonyl (C=O) groups is 5. The monoisotopic (exact) mass is 837 g/mol. The highest BCUT2D eigenvalue weighted by molar-refractivity contribution is 8.00. The lowest BCUT2D eigenvalue weighted by Crippen LogP contribution is -2.59. The highest BCUT2D eigenvalue weighted by Crippen LogP contribution is 2.32. The Balaban J connectivity index is 1.35. The molecule has 1 aliphatic rings. The highest BCUT2D eigenvalue weighted by Gasteiger charge is 2.45. The minimum atomic E-state index is -0.960. The van der Waals surface area contributed by atoms with Gasteiger partial charge in [0.25, 0.3) is 0 Å². The van der Waals surface area contributed by atoms with Crippen LogP contribution in [-0.4, -0.2) is 103 Å².